The molecule has 1 N–H and O–H groups in total. The van der Waals surface area contributed by atoms with E-state index < -0.39 is 6.72 Å². The first kappa shape index (κ1) is 15.0. The van der Waals surface area contributed by atoms with Gasteiger partial charge in [-0.05, 0) is 13.3 Å². The Bertz CT molecular complexity index is 136. The molecule has 3 nitrogen and oxygen atoms in total. The van der Waals surface area contributed by atoms with Gasteiger partial charge in [-0.25, -0.2) is 0 Å². The molecule has 0 amide bonds. The molecule has 0 aliphatic heterocycles. The van der Waals surface area contributed by atoms with Crippen molar-refractivity contribution in [3.63, 3.8) is 0 Å². The largest absolute Gasteiger partial charge is 1.00 e. The fourth-order valence-electron chi connectivity index (χ4n) is 0.464. The smallest absolute Gasteiger partial charge is 0.673 e. The molecule has 0 aliphatic rings. The summed E-state index contributed by atoms with van der Waals surface area (Å²) in [6.07, 6.45) is 0.910. The third-order valence-electron chi connectivity index (χ3n) is 0.855. The molecule has 0 fully saturated rings. The van der Waals surface area contributed by atoms with Crippen LogP contribution in [0.1, 0.15) is 20.3 Å². The van der Waals surface area contributed by atoms with Crippen LogP contribution in [0, 0.1) is 0 Å². The Morgan fingerprint density at radius 1 is 1.55 bits per heavy atom. The minimum Gasteiger partial charge on any atom is -0.673 e. The average molecular weight is 205 g/mol. The first-order valence-electron chi connectivity index (χ1n) is 3.33. The predicted molar refractivity (Wildman–Crippen MR) is 44.9 cm³/mol. The van der Waals surface area contributed by atoms with Crippen LogP contribution < -0.4 is 34.6 Å². The Balaban J connectivity index is 0. The van der Waals surface area contributed by atoms with E-state index in [1.807, 2.05) is 6.92 Å². The first-order chi connectivity index (χ1) is 4.62. The summed E-state index contributed by atoms with van der Waals surface area (Å²) in [6.45, 7) is 1.93. The molecule has 0 saturated heterocycles. The molecule has 62 valence electrons. The van der Waals surface area contributed by atoms with Gasteiger partial charge in [0.25, 0.3) is 0 Å². The molecule has 0 aromatic carbocycles. The normalized spacial score (nSPS) is 15.2. The maximum Gasteiger partial charge on any atom is 1.00 e. The molecule has 1 atom stereocenters. The molecule has 11 heavy (non-hydrogen) atoms. The van der Waals surface area contributed by atoms with Crippen LogP contribution in [0.25, 0.3) is 0 Å². The molecule has 0 bridgehead atoms. The molecule has 0 radical (unpaired) electrons. The summed E-state index contributed by atoms with van der Waals surface area (Å²) in [5, 5.41) is 2.66. The van der Waals surface area contributed by atoms with Crippen molar-refractivity contribution in [1.82, 2.24) is 5.09 Å². The molecule has 0 aliphatic carbocycles. The molecule has 1 unspecified atom stereocenters. The molecule has 0 rings (SSSR count). The Morgan fingerprint density at radius 2 is 2.09 bits per heavy atom. The third-order valence-corrected chi connectivity index (χ3v) is 2.77. The van der Waals surface area contributed by atoms with Gasteiger partial charge in [0, 0.05) is 6.54 Å². The molecule has 6 heteroatoms. The number of rotatable bonds is 5. The Morgan fingerprint density at radius 3 is 2.45 bits per heavy atom. The van der Waals surface area contributed by atoms with Crippen LogP contribution in [0.5, 0.6) is 0 Å². The topological polar surface area (TPSA) is 38.3 Å². The van der Waals surface area contributed by atoms with Gasteiger partial charge in [-0.2, -0.15) is 0 Å². The zero-order valence-electron chi connectivity index (χ0n) is 7.29. The van der Waals surface area contributed by atoms with Crippen molar-refractivity contribution in [2.75, 3.05) is 13.2 Å². The Hall–Kier alpha value is 1.50. The molecular weight excluding hydrogens is 192 g/mol. The molecule has 0 aromatic heterocycles. The second kappa shape index (κ2) is 8.11. The Labute approximate surface area is 95.6 Å². The molecular formula is C5H13NNaO2PS. The van der Waals surface area contributed by atoms with E-state index in [9.17, 15) is 4.57 Å². The maximum absolute atomic E-state index is 11.1. The average Bonchev–Trinajstić information content (AvgIpc) is 1.84. The summed E-state index contributed by atoms with van der Waals surface area (Å²) in [6, 6.07) is 0. The fraction of sp³-hybridized carbons (Fsp3) is 1.00. The van der Waals surface area contributed by atoms with Crippen LogP contribution >= 0.6 is 6.72 Å². The van der Waals surface area contributed by atoms with Crippen molar-refractivity contribution in [2.24, 2.45) is 0 Å². The van der Waals surface area contributed by atoms with Crippen molar-refractivity contribution in [3.8, 4) is 0 Å². The fourth-order valence-corrected chi connectivity index (χ4v) is 1.98. The summed E-state index contributed by atoms with van der Waals surface area (Å²) in [4.78, 5) is 0. The van der Waals surface area contributed by atoms with E-state index in [2.05, 4.69) is 17.3 Å². The van der Waals surface area contributed by atoms with Crippen molar-refractivity contribution in [1.29, 1.82) is 0 Å². The molecule has 0 saturated carbocycles. The van der Waals surface area contributed by atoms with E-state index in [1.54, 1.807) is 6.92 Å². The predicted octanol–water partition coefficient (Wildman–Crippen LogP) is -1.32. The van der Waals surface area contributed by atoms with Gasteiger partial charge in [-0.3, -0.25) is 5.09 Å². The van der Waals surface area contributed by atoms with Gasteiger partial charge in [-0.1, -0.05) is 6.92 Å². The Kier molecular flexibility index (Phi) is 11.1. The van der Waals surface area contributed by atoms with E-state index in [0.717, 1.165) is 6.42 Å². The summed E-state index contributed by atoms with van der Waals surface area (Å²) < 4.78 is 15.8. The minimum absolute atomic E-state index is 0. The third kappa shape index (κ3) is 9.41. The number of nitrogens with one attached hydrogen (secondary N) is 1. The molecule has 0 heterocycles. The van der Waals surface area contributed by atoms with Gasteiger partial charge in [0.1, 0.15) is 6.72 Å². The quantitative estimate of drug-likeness (QED) is 0.343. The first-order valence-corrected chi connectivity index (χ1v) is 5.97. The van der Waals surface area contributed by atoms with Gasteiger partial charge < -0.3 is 21.3 Å². The zero-order valence-corrected chi connectivity index (χ0v) is 11.0. The van der Waals surface area contributed by atoms with Crippen molar-refractivity contribution < 1.29 is 38.6 Å². The van der Waals surface area contributed by atoms with Crippen LogP contribution in [-0.4, -0.2) is 13.2 Å². The van der Waals surface area contributed by atoms with Crippen molar-refractivity contribution in [3.05, 3.63) is 0 Å². The molecule has 0 spiro atoms. The van der Waals surface area contributed by atoms with E-state index in [0.29, 0.717) is 13.2 Å². The van der Waals surface area contributed by atoms with Crippen LogP contribution in [0.4, 0.5) is 0 Å². The second-order valence-electron chi connectivity index (χ2n) is 1.82. The van der Waals surface area contributed by atoms with Crippen molar-refractivity contribution >= 4 is 19.0 Å². The number of hydrogen-bond acceptors (Lipinski definition) is 3. The van der Waals surface area contributed by atoms with E-state index >= 15 is 0 Å². The monoisotopic (exact) mass is 205 g/mol. The second-order valence-corrected chi connectivity index (χ2v) is 4.83. The van der Waals surface area contributed by atoms with Crippen LogP contribution in [-0.2, 0) is 21.3 Å². The summed E-state index contributed by atoms with van der Waals surface area (Å²) in [5.41, 5.74) is 0. The number of hydrogen-bond donors (Lipinski definition) is 1. The van der Waals surface area contributed by atoms with Gasteiger partial charge in [-0.15, -0.1) is 0 Å². The van der Waals surface area contributed by atoms with Gasteiger partial charge in [0.2, 0.25) is 0 Å². The zero-order chi connectivity index (χ0) is 8.04. The van der Waals surface area contributed by atoms with Crippen LogP contribution in [0.15, 0.2) is 0 Å². The van der Waals surface area contributed by atoms with Crippen LogP contribution in [0.2, 0.25) is 0 Å². The van der Waals surface area contributed by atoms with Crippen molar-refractivity contribution in [2.45, 2.75) is 20.3 Å². The SMILES string of the molecule is CCCNP(=O)([S-])OCC.[Na+]. The van der Waals surface area contributed by atoms with Gasteiger partial charge in [0.05, 0.1) is 6.61 Å². The standard InChI is InChI=1S/C5H14NO2PS.Na/c1-3-5-6-9(7,10)8-4-2;/h3-5H2,1-2H3,(H2,6,7,10);/q;+1/p-1. The van der Waals surface area contributed by atoms with Gasteiger partial charge in [0.15, 0.2) is 0 Å². The summed E-state index contributed by atoms with van der Waals surface area (Å²) >= 11 is 4.63. The molecule has 0 aromatic rings. The van der Waals surface area contributed by atoms with E-state index in [1.165, 1.54) is 0 Å². The summed E-state index contributed by atoms with van der Waals surface area (Å²) in [5.74, 6) is 0. The maximum atomic E-state index is 11.1. The van der Waals surface area contributed by atoms with Crippen LogP contribution in [0.3, 0.4) is 0 Å². The van der Waals surface area contributed by atoms with E-state index in [-0.39, 0.29) is 29.6 Å². The minimum atomic E-state index is -2.88. The van der Waals surface area contributed by atoms with Gasteiger partial charge >= 0.3 is 29.6 Å². The summed E-state index contributed by atoms with van der Waals surface area (Å²) in [7, 11) is 0. The van der Waals surface area contributed by atoms with E-state index in [4.69, 9.17) is 4.52 Å².